The summed E-state index contributed by atoms with van der Waals surface area (Å²) in [5.41, 5.74) is 1.60. The van der Waals surface area contributed by atoms with E-state index in [9.17, 15) is 9.59 Å². The first-order valence-electron chi connectivity index (χ1n) is 4.51. The molecule has 0 saturated carbocycles. The smallest absolute Gasteiger partial charge is 0.253 e. The predicted octanol–water partition coefficient (Wildman–Crippen LogP) is 1.11. The number of allylic oxidation sites excluding steroid dienone is 1. The van der Waals surface area contributed by atoms with E-state index in [1.54, 1.807) is 16.5 Å². The van der Waals surface area contributed by atoms with Crippen LogP contribution in [-0.4, -0.2) is 21.0 Å². The van der Waals surface area contributed by atoms with Crippen LogP contribution in [0.2, 0.25) is 0 Å². The summed E-state index contributed by atoms with van der Waals surface area (Å²) < 4.78 is 1.79. The first-order valence-corrected chi connectivity index (χ1v) is 4.51. The van der Waals surface area contributed by atoms with Crippen LogP contribution in [0.1, 0.15) is 16.2 Å². The molecule has 4 heteroatoms. The number of fused-ring (bicyclic) bond motifs is 3. The standard InChI is InChI=1S/C11H6N2O2/c14-8-5-4-7-10(11(8)15)12-9-3-1-2-6-13(7)9/h1-6H. The first-order chi connectivity index (χ1) is 7.27. The summed E-state index contributed by atoms with van der Waals surface area (Å²) in [7, 11) is 0. The van der Waals surface area contributed by atoms with Crippen LogP contribution in [0.15, 0.2) is 30.5 Å². The van der Waals surface area contributed by atoms with E-state index in [-0.39, 0.29) is 5.69 Å². The van der Waals surface area contributed by atoms with E-state index in [0.717, 1.165) is 0 Å². The maximum absolute atomic E-state index is 11.5. The average molecular weight is 198 g/mol. The zero-order valence-corrected chi connectivity index (χ0v) is 7.68. The molecule has 1 aliphatic carbocycles. The molecule has 0 amide bonds. The lowest BCUT2D eigenvalue weighted by Crippen LogP contribution is -2.16. The van der Waals surface area contributed by atoms with Crippen molar-refractivity contribution in [3.8, 4) is 0 Å². The number of nitrogens with zero attached hydrogens (tertiary/aromatic N) is 2. The van der Waals surface area contributed by atoms with Gasteiger partial charge in [0.15, 0.2) is 0 Å². The highest BCUT2D eigenvalue weighted by molar-refractivity contribution is 6.49. The van der Waals surface area contributed by atoms with E-state index in [2.05, 4.69) is 4.98 Å². The fourth-order valence-electron chi connectivity index (χ4n) is 1.69. The molecule has 1 aliphatic rings. The molecule has 0 saturated heterocycles. The topological polar surface area (TPSA) is 51.4 Å². The Bertz CT molecular complexity index is 623. The number of ketones is 2. The van der Waals surface area contributed by atoms with Crippen LogP contribution in [0.5, 0.6) is 0 Å². The SMILES string of the molecule is O=C1C=Cc2c(nc3ccccn23)C1=O. The fraction of sp³-hybridized carbons (Fsp3) is 0. The van der Waals surface area contributed by atoms with Gasteiger partial charge in [0.25, 0.3) is 5.78 Å². The molecule has 0 radical (unpaired) electrons. The Hall–Kier alpha value is -2.23. The van der Waals surface area contributed by atoms with Crippen molar-refractivity contribution in [3.63, 3.8) is 0 Å². The van der Waals surface area contributed by atoms with Gasteiger partial charge in [0.2, 0.25) is 5.78 Å². The number of carbonyl (C=O) groups excluding carboxylic acids is 2. The summed E-state index contributed by atoms with van der Waals surface area (Å²) in [5.74, 6) is -1.04. The predicted molar refractivity (Wildman–Crippen MR) is 53.6 cm³/mol. The van der Waals surface area contributed by atoms with Crippen molar-refractivity contribution in [2.24, 2.45) is 0 Å². The van der Waals surface area contributed by atoms with Gasteiger partial charge in [-0.05, 0) is 24.3 Å². The van der Waals surface area contributed by atoms with Gasteiger partial charge in [0.1, 0.15) is 11.3 Å². The second-order valence-electron chi connectivity index (χ2n) is 3.30. The molecule has 15 heavy (non-hydrogen) atoms. The number of carbonyl (C=O) groups is 2. The Labute approximate surface area is 84.9 Å². The van der Waals surface area contributed by atoms with Gasteiger partial charge >= 0.3 is 0 Å². The Morgan fingerprint density at radius 1 is 1.13 bits per heavy atom. The van der Waals surface area contributed by atoms with E-state index < -0.39 is 11.6 Å². The average Bonchev–Trinajstić information content (AvgIpc) is 2.63. The van der Waals surface area contributed by atoms with Crippen LogP contribution in [-0.2, 0) is 4.79 Å². The molecule has 0 spiro atoms. The Balaban J connectivity index is 2.43. The maximum Gasteiger partial charge on any atom is 0.253 e. The first kappa shape index (κ1) is 8.11. The molecular formula is C11H6N2O2. The van der Waals surface area contributed by atoms with Crippen LogP contribution < -0.4 is 0 Å². The Morgan fingerprint density at radius 2 is 2.00 bits per heavy atom. The van der Waals surface area contributed by atoms with Gasteiger partial charge in [0.05, 0.1) is 5.69 Å². The maximum atomic E-state index is 11.5. The molecule has 72 valence electrons. The summed E-state index contributed by atoms with van der Waals surface area (Å²) in [6.07, 6.45) is 4.72. The van der Waals surface area contributed by atoms with Gasteiger partial charge < -0.3 is 0 Å². The van der Waals surface area contributed by atoms with Crippen LogP contribution in [0, 0.1) is 0 Å². The zero-order chi connectivity index (χ0) is 10.4. The van der Waals surface area contributed by atoms with E-state index in [4.69, 9.17) is 0 Å². The number of Topliss-reactive ketones (excluding diaryl/α,β-unsaturated/α-hetero) is 1. The van der Waals surface area contributed by atoms with Crippen LogP contribution >= 0.6 is 0 Å². The molecule has 0 aromatic carbocycles. The van der Waals surface area contributed by atoms with Gasteiger partial charge in [-0.1, -0.05) is 6.07 Å². The molecule has 0 unspecified atom stereocenters. The fourth-order valence-corrected chi connectivity index (χ4v) is 1.69. The van der Waals surface area contributed by atoms with Crippen LogP contribution in [0.4, 0.5) is 0 Å². The highest BCUT2D eigenvalue weighted by atomic mass is 16.2. The molecule has 0 atom stereocenters. The van der Waals surface area contributed by atoms with Crippen molar-refractivity contribution in [1.29, 1.82) is 0 Å². The quantitative estimate of drug-likeness (QED) is 0.596. The number of imidazole rings is 1. The highest BCUT2D eigenvalue weighted by Gasteiger charge is 2.25. The van der Waals surface area contributed by atoms with Crippen molar-refractivity contribution in [3.05, 3.63) is 41.9 Å². The second kappa shape index (κ2) is 2.63. The van der Waals surface area contributed by atoms with Crippen molar-refractivity contribution < 1.29 is 9.59 Å². The van der Waals surface area contributed by atoms with Crippen LogP contribution in [0.25, 0.3) is 11.7 Å². The molecule has 0 aliphatic heterocycles. The van der Waals surface area contributed by atoms with Crippen molar-refractivity contribution >= 4 is 23.3 Å². The number of hydrogen-bond donors (Lipinski definition) is 0. The number of hydrogen-bond acceptors (Lipinski definition) is 3. The normalized spacial score (nSPS) is 14.7. The minimum absolute atomic E-state index is 0.244. The lowest BCUT2D eigenvalue weighted by molar-refractivity contribution is -0.111. The van der Waals surface area contributed by atoms with Gasteiger partial charge in [-0.3, -0.25) is 14.0 Å². The molecule has 3 rings (SSSR count). The molecule has 0 bridgehead atoms. The van der Waals surface area contributed by atoms with Crippen molar-refractivity contribution in [2.75, 3.05) is 0 Å². The van der Waals surface area contributed by atoms with E-state index >= 15 is 0 Å². The largest absolute Gasteiger partial charge is 0.299 e. The van der Waals surface area contributed by atoms with Gasteiger partial charge in [0, 0.05) is 6.20 Å². The minimum Gasteiger partial charge on any atom is -0.299 e. The molecule has 4 nitrogen and oxygen atoms in total. The molecule has 2 aromatic rings. The summed E-state index contributed by atoms with van der Waals surface area (Å²) in [4.78, 5) is 26.8. The van der Waals surface area contributed by atoms with E-state index in [1.807, 2.05) is 18.3 Å². The second-order valence-corrected chi connectivity index (χ2v) is 3.30. The molecule has 0 N–H and O–H groups in total. The van der Waals surface area contributed by atoms with Gasteiger partial charge in [-0.15, -0.1) is 0 Å². The third-order valence-corrected chi connectivity index (χ3v) is 2.40. The monoisotopic (exact) mass is 198 g/mol. The highest BCUT2D eigenvalue weighted by Crippen LogP contribution is 2.18. The summed E-state index contributed by atoms with van der Waals surface area (Å²) in [6.45, 7) is 0. The lowest BCUT2D eigenvalue weighted by atomic mass is 10.1. The summed E-state index contributed by atoms with van der Waals surface area (Å²) >= 11 is 0. The van der Waals surface area contributed by atoms with Gasteiger partial charge in [-0.25, -0.2) is 4.98 Å². The number of aromatic nitrogens is 2. The number of pyridine rings is 1. The molecule has 2 heterocycles. The summed E-state index contributed by atoms with van der Waals surface area (Å²) in [6, 6.07) is 5.48. The summed E-state index contributed by atoms with van der Waals surface area (Å²) in [5, 5.41) is 0. The minimum atomic E-state index is -0.531. The Morgan fingerprint density at radius 3 is 2.87 bits per heavy atom. The van der Waals surface area contributed by atoms with Crippen molar-refractivity contribution in [1.82, 2.24) is 9.38 Å². The third-order valence-electron chi connectivity index (χ3n) is 2.40. The third kappa shape index (κ3) is 0.985. The molecular weight excluding hydrogens is 192 g/mol. The van der Waals surface area contributed by atoms with Crippen LogP contribution in [0.3, 0.4) is 0 Å². The Kier molecular flexibility index (Phi) is 1.42. The van der Waals surface area contributed by atoms with Gasteiger partial charge in [-0.2, -0.15) is 0 Å². The van der Waals surface area contributed by atoms with E-state index in [0.29, 0.717) is 11.3 Å². The zero-order valence-electron chi connectivity index (χ0n) is 7.68. The molecule has 0 fully saturated rings. The lowest BCUT2D eigenvalue weighted by Gasteiger charge is -2.01. The van der Waals surface area contributed by atoms with E-state index in [1.165, 1.54) is 6.08 Å². The van der Waals surface area contributed by atoms with Crippen molar-refractivity contribution in [2.45, 2.75) is 0 Å². The molecule has 2 aromatic heterocycles. The number of rotatable bonds is 0.